The third kappa shape index (κ3) is 8.54. The number of halogens is 8. The second-order valence-electron chi connectivity index (χ2n) is 8.14. The van der Waals surface area contributed by atoms with E-state index in [4.69, 9.17) is 5.11 Å². The van der Waals surface area contributed by atoms with Gasteiger partial charge < -0.3 is 19.3 Å². The SMILES string of the molecule is C=C(C)C(=O)OCC(CC(F)(F)C(F)(F)C(F)(F)C(F)(F)CC(CO)OC(=O)C(=C)C)OC(=O)C(=C)C. The zero-order valence-electron chi connectivity index (χ0n) is 20.0. The van der Waals surface area contributed by atoms with Crippen LogP contribution in [0, 0.1) is 0 Å². The molecule has 0 aromatic carbocycles. The molecule has 0 heterocycles. The van der Waals surface area contributed by atoms with Crippen molar-refractivity contribution in [3.8, 4) is 0 Å². The van der Waals surface area contributed by atoms with Crippen LogP contribution in [0.15, 0.2) is 36.5 Å². The number of alkyl halides is 8. The van der Waals surface area contributed by atoms with Crippen LogP contribution >= 0.6 is 0 Å². The van der Waals surface area contributed by atoms with Crippen molar-refractivity contribution in [3.63, 3.8) is 0 Å². The predicted octanol–water partition coefficient (Wildman–Crippen LogP) is 4.40. The summed E-state index contributed by atoms with van der Waals surface area (Å²) in [5, 5.41) is 9.02. The van der Waals surface area contributed by atoms with Crippen LogP contribution in [0.1, 0.15) is 33.6 Å². The summed E-state index contributed by atoms with van der Waals surface area (Å²) in [5.41, 5.74) is -1.16. The lowest BCUT2D eigenvalue weighted by molar-refractivity contribution is -0.372. The third-order valence-corrected chi connectivity index (χ3v) is 4.48. The summed E-state index contributed by atoms with van der Waals surface area (Å²) in [6, 6.07) is 0. The Balaban J connectivity index is 6.06. The van der Waals surface area contributed by atoms with Crippen molar-refractivity contribution in [2.75, 3.05) is 13.2 Å². The first-order chi connectivity index (χ1) is 16.5. The summed E-state index contributed by atoms with van der Waals surface area (Å²) < 4.78 is 128. The molecule has 15 heteroatoms. The molecule has 0 aromatic heterocycles. The number of aliphatic hydroxyl groups is 1. The normalized spacial score (nSPS) is 14.3. The van der Waals surface area contributed by atoms with Gasteiger partial charge in [0, 0.05) is 16.7 Å². The van der Waals surface area contributed by atoms with E-state index in [2.05, 4.69) is 33.9 Å². The topological polar surface area (TPSA) is 99.1 Å². The van der Waals surface area contributed by atoms with Crippen LogP contribution in [0.25, 0.3) is 0 Å². The van der Waals surface area contributed by atoms with Crippen molar-refractivity contribution < 1.29 is 68.8 Å². The number of esters is 3. The molecule has 0 aliphatic heterocycles. The van der Waals surface area contributed by atoms with Gasteiger partial charge in [0.05, 0.1) is 19.4 Å². The number of hydrogen-bond acceptors (Lipinski definition) is 7. The Labute approximate surface area is 206 Å². The van der Waals surface area contributed by atoms with Gasteiger partial charge in [-0.2, -0.15) is 35.1 Å². The highest BCUT2D eigenvalue weighted by molar-refractivity contribution is 5.88. The van der Waals surface area contributed by atoms with E-state index in [-0.39, 0.29) is 5.57 Å². The maximum atomic E-state index is 14.5. The monoisotopic (exact) mass is 554 g/mol. The highest BCUT2D eigenvalue weighted by atomic mass is 19.4. The molecule has 212 valence electrons. The van der Waals surface area contributed by atoms with Crippen molar-refractivity contribution in [3.05, 3.63) is 36.5 Å². The van der Waals surface area contributed by atoms with E-state index in [1.54, 1.807) is 0 Å². The first-order valence-corrected chi connectivity index (χ1v) is 10.2. The molecule has 0 saturated heterocycles. The van der Waals surface area contributed by atoms with Crippen LogP contribution in [-0.4, -0.2) is 72.1 Å². The molecule has 1 N–H and O–H groups in total. The van der Waals surface area contributed by atoms with Crippen LogP contribution in [0.3, 0.4) is 0 Å². The molecular weight excluding hydrogens is 528 g/mol. The number of carbonyl (C=O) groups is 3. The Morgan fingerprint density at radius 1 is 0.676 bits per heavy atom. The molecule has 0 fully saturated rings. The van der Waals surface area contributed by atoms with E-state index in [1.165, 1.54) is 0 Å². The second kappa shape index (κ2) is 12.5. The Bertz CT molecular complexity index is 915. The van der Waals surface area contributed by atoms with Gasteiger partial charge in [-0.25, -0.2) is 14.4 Å². The lowest BCUT2D eigenvalue weighted by Crippen LogP contribution is -2.63. The van der Waals surface area contributed by atoms with Gasteiger partial charge in [-0.1, -0.05) is 19.7 Å². The minimum absolute atomic E-state index is 0.293. The molecule has 0 bridgehead atoms. The molecule has 0 spiro atoms. The van der Waals surface area contributed by atoms with Gasteiger partial charge in [-0.05, 0) is 20.8 Å². The molecule has 0 aliphatic carbocycles. The van der Waals surface area contributed by atoms with E-state index in [1.807, 2.05) is 0 Å². The fourth-order valence-corrected chi connectivity index (χ4v) is 2.36. The van der Waals surface area contributed by atoms with E-state index in [9.17, 15) is 49.5 Å². The van der Waals surface area contributed by atoms with Crippen LogP contribution < -0.4 is 0 Å². The highest BCUT2D eigenvalue weighted by Crippen LogP contribution is 2.55. The van der Waals surface area contributed by atoms with Gasteiger partial charge >= 0.3 is 41.6 Å². The number of carbonyl (C=O) groups excluding carboxylic acids is 3. The van der Waals surface area contributed by atoms with Crippen LogP contribution in [0.4, 0.5) is 35.1 Å². The summed E-state index contributed by atoms with van der Waals surface area (Å²) >= 11 is 0. The molecule has 7 nitrogen and oxygen atoms in total. The molecule has 0 aromatic rings. The summed E-state index contributed by atoms with van der Waals surface area (Å²) in [6.07, 6.45) is -9.94. The molecule has 0 amide bonds. The quantitative estimate of drug-likeness (QED) is 0.139. The first-order valence-electron chi connectivity index (χ1n) is 10.2. The van der Waals surface area contributed by atoms with Crippen molar-refractivity contribution in [2.24, 2.45) is 0 Å². The zero-order chi connectivity index (χ0) is 29.6. The number of ether oxygens (including phenoxy) is 3. The number of hydrogen-bond donors (Lipinski definition) is 1. The summed E-state index contributed by atoms with van der Waals surface area (Å²) in [7, 11) is 0. The molecule has 2 atom stereocenters. The molecule has 0 saturated carbocycles. The second-order valence-corrected chi connectivity index (χ2v) is 8.14. The van der Waals surface area contributed by atoms with Gasteiger partial charge in [0.1, 0.15) is 18.8 Å². The molecule has 37 heavy (non-hydrogen) atoms. The molecule has 2 unspecified atom stereocenters. The lowest BCUT2D eigenvalue weighted by atomic mass is 9.92. The Morgan fingerprint density at radius 2 is 1.00 bits per heavy atom. The van der Waals surface area contributed by atoms with Crippen molar-refractivity contribution in [2.45, 2.75) is 69.5 Å². The van der Waals surface area contributed by atoms with Crippen molar-refractivity contribution in [1.82, 2.24) is 0 Å². The Hall–Kier alpha value is -2.97. The minimum Gasteiger partial charge on any atom is -0.458 e. The third-order valence-electron chi connectivity index (χ3n) is 4.48. The summed E-state index contributed by atoms with van der Waals surface area (Å²) in [4.78, 5) is 34.5. The lowest BCUT2D eigenvalue weighted by Gasteiger charge is -2.38. The smallest absolute Gasteiger partial charge is 0.378 e. The standard InChI is InChI=1S/C22H26F8O7/c1-11(2)16(32)35-10-15(37-18(34)13(5)6)8-20(25,26)22(29,30)21(27,28)19(23,24)7-14(9-31)36-17(33)12(3)4/h14-15,31H,1,3,5,7-10H2,2,4,6H3. The molecule has 0 rings (SSSR count). The van der Waals surface area contributed by atoms with Gasteiger partial charge in [-0.15, -0.1) is 0 Å². The number of rotatable bonds is 15. The van der Waals surface area contributed by atoms with E-state index in [0.717, 1.165) is 20.8 Å². The van der Waals surface area contributed by atoms with E-state index >= 15 is 0 Å². The van der Waals surface area contributed by atoms with Gasteiger partial charge in [-0.3, -0.25) is 0 Å². The zero-order valence-corrected chi connectivity index (χ0v) is 20.0. The molecule has 0 radical (unpaired) electrons. The minimum atomic E-state index is -6.80. The van der Waals surface area contributed by atoms with Crippen molar-refractivity contribution in [1.29, 1.82) is 0 Å². The largest absolute Gasteiger partial charge is 0.458 e. The Kier molecular flexibility index (Phi) is 11.5. The maximum absolute atomic E-state index is 14.5. The summed E-state index contributed by atoms with van der Waals surface area (Å²) in [5.74, 6) is -29.7. The summed E-state index contributed by atoms with van der Waals surface area (Å²) in [6.45, 7) is 9.57. The fraction of sp³-hybridized carbons (Fsp3) is 0.591. The van der Waals surface area contributed by atoms with Crippen molar-refractivity contribution >= 4 is 17.9 Å². The Morgan fingerprint density at radius 3 is 1.32 bits per heavy atom. The predicted molar refractivity (Wildman–Crippen MR) is 111 cm³/mol. The van der Waals surface area contributed by atoms with Gasteiger partial charge in [0.25, 0.3) is 0 Å². The van der Waals surface area contributed by atoms with E-state index in [0.29, 0.717) is 0 Å². The van der Waals surface area contributed by atoms with Crippen LogP contribution in [0.5, 0.6) is 0 Å². The first kappa shape index (κ1) is 34.0. The number of aliphatic hydroxyl groups excluding tert-OH is 1. The van der Waals surface area contributed by atoms with Crippen LogP contribution in [-0.2, 0) is 28.6 Å². The van der Waals surface area contributed by atoms with Gasteiger partial charge in [0.2, 0.25) is 0 Å². The van der Waals surface area contributed by atoms with E-state index < -0.39 is 91.0 Å². The molecular formula is C22H26F8O7. The molecule has 0 aliphatic rings. The maximum Gasteiger partial charge on any atom is 0.378 e. The van der Waals surface area contributed by atoms with Gasteiger partial charge in [0.15, 0.2) is 0 Å². The average Bonchev–Trinajstić information content (AvgIpc) is 2.75. The average molecular weight is 554 g/mol. The highest BCUT2D eigenvalue weighted by Gasteiger charge is 2.80. The van der Waals surface area contributed by atoms with Crippen LogP contribution in [0.2, 0.25) is 0 Å². The fourth-order valence-electron chi connectivity index (χ4n) is 2.36.